The van der Waals surface area contributed by atoms with Crippen molar-refractivity contribution in [3.63, 3.8) is 0 Å². The zero-order valence-corrected chi connectivity index (χ0v) is 19.8. The van der Waals surface area contributed by atoms with Crippen LogP contribution in [0.15, 0.2) is 76.1 Å². The predicted molar refractivity (Wildman–Crippen MR) is 132 cm³/mol. The molecule has 0 N–H and O–H groups in total. The summed E-state index contributed by atoms with van der Waals surface area (Å²) in [6.07, 6.45) is 1.95. The smallest absolute Gasteiger partial charge is 0.311 e. The van der Waals surface area contributed by atoms with Crippen LogP contribution in [0.2, 0.25) is 0 Å². The lowest BCUT2D eigenvalue weighted by molar-refractivity contribution is -0.134. The van der Waals surface area contributed by atoms with Crippen LogP contribution in [0.1, 0.15) is 24.0 Å². The van der Waals surface area contributed by atoms with E-state index >= 15 is 0 Å². The molecular formula is C28H26O7. The molecule has 0 unspecified atom stereocenters. The Morgan fingerprint density at radius 1 is 0.886 bits per heavy atom. The van der Waals surface area contributed by atoms with Crippen LogP contribution in [0.25, 0.3) is 11.0 Å². The van der Waals surface area contributed by atoms with Gasteiger partial charge in [0.05, 0.1) is 19.1 Å². The van der Waals surface area contributed by atoms with Gasteiger partial charge in [-0.05, 0) is 73.9 Å². The van der Waals surface area contributed by atoms with E-state index in [-0.39, 0.29) is 17.6 Å². The van der Waals surface area contributed by atoms with Gasteiger partial charge in [0.25, 0.3) is 0 Å². The van der Waals surface area contributed by atoms with Crippen LogP contribution in [0.3, 0.4) is 0 Å². The molecule has 0 atom stereocenters. The molecule has 0 aliphatic rings. The summed E-state index contributed by atoms with van der Waals surface area (Å²) in [4.78, 5) is 25.1. The van der Waals surface area contributed by atoms with Crippen LogP contribution in [0.4, 0.5) is 0 Å². The zero-order chi connectivity index (χ0) is 24.8. The number of benzene rings is 3. The van der Waals surface area contributed by atoms with Gasteiger partial charge in [0.2, 0.25) is 11.2 Å². The van der Waals surface area contributed by atoms with E-state index < -0.39 is 5.97 Å². The molecule has 1 heterocycles. The van der Waals surface area contributed by atoms with E-state index in [4.69, 9.17) is 23.4 Å². The van der Waals surface area contributed by atoms with Crippen molar-refractivity contribution in [2.75, 3.05) is 13.7 Å². The highest BCUT2D eigenvalue weighted by molar-refractivity contribution is 5.80. The summed E-state index contributed by atoms with van der Waals surface area (Å²) in [5.74, 6) is 2.03. The van der Waals surface area contributed by atoms with E-state index in [1.165, 1.54) is 12.3 Å². The molecule has 0 aliphatic carbocycles. The predicted octanol–water partition coefficient (Wildman–Crippen LogP) is 5.98. The molecule has 0 saturated heterocycles. The third-order valence-electron chi connectivity index (χ3n) is 5.36. The summed E-state index contributed by atoms with van der Waals surface area (Å²) in [5, 5.41) is 0.334. The molecule has 0 fully saturated rings. The maximum Gasteiger partial charge on any atom is 0.311 e. The van der Waals surface area contributed by atoms with E-state index in [0.717, 1.165) is 16.9 Å². The van der Waals surface area contributed by atoms with Crippen LogP contribution < -0.4 is 24.4 Å². The van der Waals surface area contributed by atoms with E-state index in [2.05, 4.69) is 0 Å². The van der Waals surface area contributed by atoms with Gasteiger partial charge in [0.1, 0.15) is 34.8 Å². The second-order valence-electron chi connectivity index (χ2n) is 8.06. The molecule has 3 aromatic carbocycles. The molecule has 180 valence electrons. The monoisotopic (exact) mass is 474 g/mol. The Morgan fingerprint density at radius 3 is 2.40 bits per heavy atom. The molecule has 1 aromatic heterocycles. The molecular weight excluding hydrogens is 448 g/mol. The fourth-order valence-electron chi connectivity index (χ4n) is 3.42. The van der Waals surface area contributed by atoms with Crippen LogP contribution in [-0.2, 0) is 4.79 Å². The number of carbonyl (C=O) groups excluding carboxylic acids is 1. The number of aryl methyl sites for hydroxylation is 2. The lowest BCUT2D eigenvalue weighted by atomic mass is 10.1. The zero-order valence-electron chi connectivity index (χ0n) is 19.8. The molecule has 4 aromatic rings. The summed E-state index contributed by atoms with van der Waals surface area (Å²) in [6, 6.07) is 17.6. The number of methoxy groups -OCH3 is 1. The van der Waals surface area contributed by atoms with Crippen molar-refractivity contribution in [3.8, 4) is 28.7 Å². The number of hydrogen-bond donors (Lipinski definition) is 0. The van der Waals surface area contributed by atoms with Crippen LogP contribution in [0.5, 0.6) is 28.7 Å². The van der Waals surface area contributed by atoms with Gasteiger partial charge in [0.15, 0.2) is 0 Å². The first-order valence-electron chi connectivity index (χ1n) is 11.2. The highest BCUT2D eigenvalue weighted by atomic mass is 16.5. The van der Waals surface area contributed by atoms with Crippen molar-refractivity contribution in [2.24, 2.45) is 0 Å². The number of carbonyl (C=O) groups is 1. The van der Waals surface area contributed by atoms with Gasteiger partial charge < -0.3 is 23.4 Å². The van der Waals surface area contributed by atoms with Crippen molar-refractivity contribution in [1.82, 2.24) is 0 Å². The summed E-state index contributed by atoms with van der Waals surface area (Å²) < 4.78 is 27.5. The van der Waals surface area contributed by atoms with E-state index in [1.54, 1.807) is 43.5 Å². The average molecular weight is 475 g/mol. The molecule has 4 rings (SSSR count). The summed E-state index contributed by atoms with van der Waals surface area (Å²) >= 11 is 0. The summed E-state index contributed by atoms with van der Waals surface area (Å²) in [6.45, 7) is 4.23. The van der Waals surface area contributed by atoms with Crippen LogP contribution in [0, 0.1) is 13.8 Å². The van der Waals surface area contributed by atoms with E-state index in [1.807, 2.05) is 32.0 Å². The average Bonchev–Trinajstić information content (AvgIpc) is 2.86. The van der Waals surface area contributed by atoms with Gasteiger partial charge in [-0.15, -0.1) is 0 Å². The Kier molecular flexibility index (Phi) is 7.35. The van der Waals surface area contributed by atoms with Gasteiger partial charge in [-0.2, -0.15) is 0 Å². The van der Waals surface area contributed by atoms with Gasteiger partial charge in [-0.25, -0.2) is 0 Å². The van der Waals surface area contributed by atoms with Crippen molar-refractivity contribution < 1.29 is 28.2 Å². The number of ether oxygens (including phenoxy) is 4. The second kappa shape index (κ2) is 10.8. The Balaban J connectivity index is 1.34. The maximum atomic E-state index is 12.9. The van der Waals surface area contributed by atoms with Crippen LogP contribution in [-0.4, -0.2) is 19.7 Å². The molecule has 0 bridgehead atoms. The lowest BCUT2D eigenvalue weighted by Crippen LogP contribution is -2.10. The molecule has 35 heavy (non-hydrogen) atoms. The third kappa shape index (κ3) is 6.00. The van der Waals surface area contributed by atoms with Crippen LogP contribution >= 0.6 is 0 Å². The first-order valence-corrected chi connectivity index (χ1v) is 11.2. The van der Waals surface area contributed by atoms with Crippen molar-refractivity contribution in [2.45, 2.75) is 26.7 Å². The highest BCUT2D eigenvalue weighted by Crippen LogP contribution is 2.27. The Labute approximate surface area is 202 Å². The normalized spacial score (nSPS) is 10.7. The first-order chi connectivity index (χ1) is 16.9. The molecule has 0 amide bonds. The summed E-state index contributed by atoms with van der Waals surface area (Å²) in [7, 11) is 1.60. The lowest BCUT2D eigenvalue weighted by Gasteiger charge is -2.10. The van der Waals surface area contributed by atoms with Gasteiger partial charge in [-0.3, -0.25) is 9.59 Å². The number of rotatable bonds is 9. The molecule has 7 nitrogen and oxygen atoms in total. The van der Waals surface area contributed by atoms with E-state index in [0.29, 0.717) is 41.2 Å². The summed E-state index contributed by atoms with van der Waals surface area (Å²) in [5.41, 5.74) is 1.93. The Morgan fingerprint density at radius 2 is 1.63 bits per heavy atom. The number of fused-ring (bicyclic) bond motifs is 1. The quantitative estimate of drug-likeness (QED) is 0.168. The highest BCUT2D eigenvalue weighted by Gasteiger charge is 2.13. The fourth-order valence-corrected chi connectivity index (χ4v) is 3.42. The van der Waals surface area contributed by atoms with Crippen molar-refractivity contribution >= 4 is 16.9 Å². The molecule has 0 aliphatic heterocycles. The minimum atomic E-state index is -0.403. The molecule has 7 heteroatoms. The second-order valence-corrected chi connectivity index (χ2v) is 8.06. The fraction of sp³-hybridized carbons (Fsp3) is 0.214. The van der Waals surface area contributed by atoms with E-state index in [9.17, 15) is 9.59 Å². The van der Waals surface area contributed by atoms with Crippen molar-refractivity contribution in [1.29, 1.82) is 0 Å². The Hall–Kier alpha value is -4.26. The van der Waals surface area contributed by atoms with Crippen molar-refractivity contribution in [3.05, 3.63) is 88.3 Å². The minimum Gasteiger partial charge on any atom is -0.497 e. The van der Waals surface area contributed by atoms with Gasteiger partial charge >= 0.3 is 5.97 Å². The molecule has 0 spiro atoms. The van der Waals surface area contributed by atoms with Gasteiger partial charge in [0, 0.05) is 12.5 Å². The largest absolute Gasteiger partial charge is 0.497 e. The number of esters is 1. The SMILES string of the molecule is COc1ccc(OCCCC(=O)Oc2ccc3c(=O)c(Oc4cc(C)ccc4C)coc3c2)cc1. The minimum absolute atomic E-state index is 0.0906. The molecule has 0 radical (unpaired) electrons. The Bertz CT molecular complexity index is 1390. The third-order valence-corrected chi connectivity index (χ3v) is 5.36. The standard InChI is InChI=1S/C28H26O7/c1-18-6-7-19(2)24(15-18)35-26-17-33-25-16-22(12-13-23(25)28(26)30)34-27(29)5-4-14-32-21-10-8-20(31-3)9-11-21/h6-13,15-17H,4-5,14H2,1-3H3. The maximum absolute atomic E-state index is 12.9. The topological polar surface area (TPSA) is 84.2 Å². The number of hydrogen-bond acceptors (Lipinski definition) is 7. The van der Waals surface area contributed by atoms with Gasteiger partial charge in [-0.1, -0.05) is 12.1 Å². The first kappa shape index (κ1) is 23.9. The molecule has 0 saturated carbocycles.